The lowest BCUT2D eigenvalue weighted by Gasteiger charge is -2.26. The normalized spacial score (nSPS) is 18.6. The van der Waals surface area contributed by atoms with Crippen LogP contribution >= 0.6 is 0 Å². The lowest BCUT2D eigenvalue weighted by Crippen LogP contribution is -2.34. The summed E-state index contributed by atoms with van der Waals surface area (Å²) in [7, 11) is 3.38. The van der Waals surface area contributed by atoms with Crippen molar-refractivity contribution >= 4 is 0 Å². The van der Waals surface area contributed by atoms with Crippen LogP contribution in [0, 0.1) is 0 Å². The largest absolute Gasteiger partial charge is 0.493 e. The van der Waals surface area contributed by atoms with Gasteiger partial charge in [-0.1, -0.05) is 6.92 Å². The number of likely N-dealkylation sites (N-methyl/N-ethyl adjacent to an activating group) is 1. The second-order valence-corrected chi connectivity index (χ2v) is 4.47. The van der Waals surface area contributed by atoms with Gasteiger partial charge in [0.25, 0.3) is 0 Å². The Labute approximate surface area is 103 Å². The molecule has 0 saturated carbocycles. The fourth-order valence-electron chi connectivity index (χ4n) is 2.55. The molecule has 1 N–H and O–H groups in total. The second-order valence-electron chi connectivity index (χ2n) is 4.47. The summed E-state index contributed by atoms with van der Waals surface area (Å²) < 4.78 is 10.7. The molecular formula is C14H21NO2. The summed E-state index contributed by atoms with van der Waals surface area (Å²) in [4.78, 5) is 0. The highest BCUT2D eigenvalue weighted by atomic mass is 16.5. The maximum atomic E-state index is 5.35. The Hall–Kier alpha value is -1.22. The Bertz CT molecular complexity index is 390. The first-order valence-electron chi connectivity index (χ1n) is 6.25. The molecule has 1 aromatic carbocycles. The zero-order valence-electron chi connectivity index (χ0n) is 10.9. The van der Waals surface area contributed by atoms with Gasteiger partial charge >= 0.3 is 0 Å². The number of rotatable bonds is 4. The van der Waals surface area contributed by atoms with Gasteiger partial charge in [0.2, 0.25) is 0 Å². The van der Waals surface area contributed by atoms with E-state index in [0.29, 0.717) is 6.04 Å². The molecule has 1 atom stereocenters. The van der Waals surface area contributed by atoms with Crippen LogP contribution in [0.25, 0.3) is 0 Å². The van der Waals surface area contributed by atoms with Crippen LogP contribution in [0.5, 0.6) is 11.5 Å². The van der Waals surface area contributed by atoms with Crippen molar-refractivity contribution in [2.75, 3.05) is 20.8 Å². The van der Waals surface area contributed by atoms with E-state index in [4.69, 9.17) is 9.47 Å². The first-order chi connectivity index (χ1) is 8.28. The molecule has 0 fully saturated rings. The van der Waals surface area contributed by atoms with Crippen molar-refractivity contribution in [3.8, 4) is 11.5 Å². The van der Waals surface area contributed by atoms with Crippen LogP contribution in [-0.4, -0.2) is 26.8 Å². The zero-order valence-corrected chi connectivity index (χ0v) is 10.9. The summed E-state index contributed by atoms with van der Waals surface area (Å²) in [5, 5.41) is 3.52. The number of nitrogens with one attached hydrogen (secondary N) is 1. The molecule has 1 aromatic rings. The molecule has 17 heavy (non-hydrogen) atoms. The van der Waals surface area contributed by atoms with Gasteiger partial charge in [-0.05, 0) is 49.1 Å². The van der Waals surface area contributed by atoms with E-state index in [-0.39, 0.29) is 0 Å². The lowest BCUT2D eigenvalue weighted by atomic mass is 9.88. The molecule has 0 spiro atoms. The average molecular weight is 235 g/mol. The van der Waals surface area contributed by atoms with Crippen molar-refractivity contribution in [1.82, 2.24) is 5.32 Å². The lowest BCUT2D eigenvalue weighted by molar-refractivity contribution is 0.352. The van der Waals surface area contributed by atoms with Gasteiger partial charge < -0.3 is 14.8 Å². The molecule has 0 heterocycles. The zero-order chi connectivity index (χ0) is 12.3. The number of fused-ring (bicyclic) bond motifs is 1. The van der Waals surface area contributed by atoms with E-state index in [0.717, 1.165) is 30.9 Å². The van der Waals surface area contributed by atoms with Crippen LogP contribution in [0.1, 0.15) is 24.5 Å². The van der Waals surface area contributed by atoms with Gasteiger partial charge in [0, 0.05) is 6.04 Å². The Balaban J connectivity index is 2.25. The SMILES string of the molecule is CCNC1CCc2cc(OC)c(OC)cc2C1. The molecule has 94 valence electrons. The maximum Gasteiger partial charge on any atom is 0.161 e. The molecule has 2 rings (SSSR count). The number of methoxy groups -OCH3 is 2. The predicted octanol–water partition coefficient (Wildman–Crippen LogP) is 2.17. The van der Waals surface area contributed by atoms with Crippen LogP contribution in [0.15, 0.2) is 12.1 Å². The van der Waals surface area contributed by atoms with Crippen molar-refractivity contribution in [3.63, 3.8) is 0 Å². The van der Waals surface area contributed by atoms with Crippen molar-refractivity contribution in [2.45, 2.75) is 32.2 Å². The monoisotopic (exact) mass is 235 g/mol. The number of hydrogen-bond acceptors (Lipinski definition) is 3. The average Bonchev–Trinajstić information content (AvgIpc) is 2.37. The van der Waals surface area contributed by atoms with E-state index < -0.39 is 0 Å². The summed E-state index contributed by atoms with van der Waals surface area (Å²) in [5.74, 6) is 1.68. The van der Waals surface area contributed by atoms with Crippen LogP contribution in [0.4, 0.5) is 0 Å². The number of ether oxygens (including phenoxy) is 2. The standard InChI is InChI=1S/C14H21NO2/c1-4-15-12-6-5-10-8-13(16-2)14(17-3)9-11(10)7-12/h8-9,12,15H,4-7H2,1-3H3. The Morgan fingerprint density at radius 3 is 2.41 bits per heavy atom. The minimum absolute atomic E-state index is 0.602. The van der Waals surface area contributed by atoms with Crippen molar-refractivity contribution in [1.29, 1.82) is 0 Å². The molecule has 1 unspecified atom stereocenters. The Kier molecular flexibility index (Phi) is 3.89. The highest BCUT2D eigenvalue weighted by Gasteiger charge is 2.20. The van der Waals surface area contributed by atoms with Crippen LogP contribution in [-0.2, 0) is 12.8 Å². The summed E-state index contributed by atoms with van der Waals surface area (Å²) in [6, 6.07) is 4.85. The van der Waals surface area contributed by atoms with Gasteiger partial charge in [-0.15, -0.1) is 0 Å². The molecule has 0 aliphatic heterocycles. The van der Waals surface area contributed by atoms with Crippen molar-refractivity contribution in [3.05, 3.63) is 23.3 Å². The fourth-order valence-corrected chi connectivity index (χ4v) is 2.55. The molecule has 0 aromatic heterocycles. The quantitative estimate of drug-likeness (QED) is 0.867. The fraction of sp³-hybridized carbons (Fsp3) is 0.571. The third-order valence-electron chi connectivity index (χ3n) is 3.43. The van der Waals surface area contributed by atoms with E-state index in [2.05, 4.69) is 24.4 Å². The van der Waals surface area contributed by atoms with E-state index >= 15 is 0 Å². The molecule has 0 radical (unpaired) electrons. The number of hydrogen-bond donors (Lipinski definition) is 1. The first kappa shape index (κ1) is 12.2. The van der Waals surface area contributed by atoms with E-state index in [1.165, 1.54) is 17.5 Å². The molecular weight excluding hydrogens is 214 g/mol. The highest BCUT2D eigenvalue weighted by Crippen LogP contribution is 2.34. The third-order valence-corrected chi connectivity index (χ3v) is 3.43. The minimum atomic E-state index is 0.602. The van der Waals surface area contributed by atoms with Gasteiger partial charge in [0.05, 0.1) is 14.2 Å². The van der Waals surface area contributed by atoms with Gasteiger partial charge in [-0.3, -0.25) is 0 Å². The summed E-state index contributed by atoms with van der Waals surface area (Å²) in [6.07, 6.45) is 3.41. The predicted molar refractivity (Wildman–Crippen MR) is 69.0 cm³/mol. The smallest absolute Gasteiger partial charge is 0.161 e. The number of benzene rings is 1. The topological polar surface area (TPSA) is 30.5 Å². The molecule has 1 aliphatic rings. The van der Waals surface area contributed by atoms with E-state index in [1.807, 2.05) is 0 Å². The van der Waals surface area contributed by atoms with Crippen molar-refractivity contribution < 1.29 is 9.47 Å². The molecule has 0 saturated heterocycles. The summed E-state index contributed by atoms with van der Waals surface area (Å²) >= 11 is 0. The van der Waals surface area contributed by atoms with Gasteiger partial charge in [0.1, 0.15) is 0 Å². The van der Waals surface area contributed by atoms with Gasteiger partial charge in [0.15, 0.2) is 11.5 Å². The number of aryl methyl sites for hydroxylation is 1. The Morgan fingerprint density at radius 2 is 1.82 bits per heavy atom. The van der Waals surface area contributed by atoms with E-state index in [9.17, 15) is 0 Å². The van der Waals surface area contributed by atoms with Crippen LogP contribution < -0.4 is 14.8 Å². The van der Waals surface area contributed by atoms with E-state index in [1.54, 1.807) is 14.2 Å². The minimum Gasteiger partial charge on any atom is -0.493 e. The molecule has 1 aliphatic carbocycles. The van der Waals surface area contributed by atoms with Crippen LogP contribution in [0.3, 0.4) is 0 Å². The summed E-state index contributed by atoms with van der Waals surface area (Å²) in [6.45, 7) is 3.19. The third kappa shape index (κ3) is 2.55. The van der Waals surface area contributed by atoms with Gasteiger partial charge in [-0.25, -0.2) is 0 Å². The Morgan fingerprint density at radius 1 is 1.18 bits per heavy atom. The molecule has 3 nitrogen and oxygen atoms in total. The molecule has 3 heteroatoms. The first-order valence-corrected chi connectivity index (χ1v) is 6.25. The highest BCUT2D eigenvalue weighted by molar-refractivity contribution is 5.48. The van der Waals surface area contributed by atoms with Crippen LogP contribution in [0.2, 0.25) is 0 Å². The summed E-state index contributed by atoms with van der Waals surface area (Å²) in [5.41, 5.74) is 2.79. The van der Waals surface area contributed by atoms with Crippen molar-refractivity contribution in [2.24, 2.45) is 0 Å². The molecule has 0 bridgehead atoms. The molecule has 0 amide bonds. The second kappa shape index (κ2) is 5.41. The van der Waals surface area contributed by atoms with Gasteiger partial charge in [-0.2, -0.15) is 0 Å². The maximum absolute atomic E-state index is 5.35.